The first kappa shape index (κ1) is 18.6. The molecule has 2 heterocycles. The number of ether oxygens (including phenoxy) is 1. The Morgan fingerprint density at radius 2 is 1.72 bits per heavy atom. The summed E-state index contributed by atoms with van der Waals surface area (Å²) in [5, 5.41) is 3.53. The minimum absolute atomic E-state index is 0.00709. The van der Waals surface area contributed by atoms with Crippen LogP contribution in [0.1, 0.15) is 23.7 Å². The lowest BCUT2D eigenvalue weighted by molar-refractivity contribution is 0.415. The van der Waals surface area contributed by atoms with Crippen molar-refractivity contribution in [3.05, 3.63) is 102 Å². The van der Waals surface area contributed by atoms with Gasteiger partial charge in [-0.1, -0.05) is 42.5 Å². The van der Waals surface area contributed by atoms with Crippen molar-refractivity contribution in [1.82, 2.24) is 15.3 Å². The Labute approximate surface area is 186 Å². The third-order valence-corrected chi connectivity index (χ3v) is 6.03. The number of nitrogens with one attached hydrogen (secondary N) is 2. The molecule has 5 heteroatoms. The van der Waals surface area contributed by atoms with Crippen molar-refractivity contribution >= 4 is 22.3 Å². The highest BCUT2D eigenvalue weighted by atomic mass is 16.5. The molecule has 1 aliphatic heterocycles. The van der Waals surface area contributed by atoms with Crippen molar-refractivity contribution in [1.29, 1.82) is 0 Å². The van der Waals surface area contributed by atoms with Crippen LogP contribution in [0.5, 0.6) is 5.75 Å². The van der Waals surface area contributed by atoms with Crippen molar-refractivity contribution in [3.63, 3.8) is 0 Å². The Bertz CT molecular complexity index is 1390. The van der Waals surface area contributed by atoms with Crippen LogP contribution in [0.25, 0.3) is 28.0 Å². The van der Waals surface area contributed by atoms with E-state index < -0.39 is 0 Å². The Hall–Kier alpha value is -4.12. The van der Waals surface area contributed by atoms with Crippen LogP contribution in [0.4, 0.5) is 0 Å². The molecule has 156 valence electrons. The predicted molar refractivity (Wildman–Crippen MR) is 129 cm³/mol. The van der Waals surface area contributed by atoms with Gasteiger partial charge in [-0.15, -0.1) is 0 Å². The van der Waals surface area contributed by atoms with Gasteiger partial charge in [0.15, 0.2) is 0 Å². The predicted octanol–water partition coefficient (Wildman–Crippen LogP) is 5.65. The van der Waals surface area contributed by atoms with E-state index in [2.05, 4.69) is 64.9 Å². The SMILES string of the molecule is COc1ccc(-c2nc3ccc(C4=CC=C5NC(c6ccccc6)N=C5C4)cc3[nH]2)cc1. The fourth-order valence-electron chi connectivity index (χ4n) is 4.28. The van der Waals surface area contributed by atoms with Crippen molar-refractivity contribution in [2.45, 2.75) is 12.6 Å². The first-order valence-electron chi connectivity index (χ1n) is 10.7. The van der Waals surface area contributed by atoms with Crippen LogP contribution < -0.4 is 10.1 Å². The molecule has 32 heavy (non-hydrogen) atoms. The smallest absolute Gasteiger partial charge is 0.145 e. The van der Waals surface area contributed by atoms with Gasteiger partial charge in [-0.25, -0.2) is 4.98 Å². The molecule has 0 saturated carbocycles. The van der Waals surface area contributed by atoms with Crippen LogP contribution in [0.15, 0.2) is 95.6 Å². The zero-order valence-electron chi connectivity index (χ0n) is 17.7. The Kier molecular flexibility index (Phi) is 4.39. The molecule has 2 aliphatic rings. The van der Waals surface area contributed by atoms with Gasteiger partial charge >= 0.3 is 0 Å². The van der Waals surface area contributed by atoms with Crippen LogP contribution in [-0.4, -0.2) is 22.8 Å². The van der Waals surface area contributed by atoms with E-state index in [-0.39, 0.29) is 6.17 Å². The van der Waals surface area contributed by atoms with Crippen molar-refractivity contribution in [2.24, 2.45) is 4.99 Å². The number of methoxy groups -OCH3 is 1. The number of allylic oxidation sites excluding steroid dienone is 4. The van der Waals surface area contributed by atoms with Crippen molar-refractivity contribution in [3.8, 4) is 17.1 Å². The van der Waals surface area contributed by atoms with Crippen LogP contribution in [0, 0.1) is 0 Å². The summed E-state index contributed by atoms with van der Waals surface area (Å²) < 4.78 is 5.25. The maximum atomic E-state index is 5.25. The maximum absolute atomic E-state index is 5.25. The molecule has 0 spiro atoms. The van der Waals surface area contributed by atoms with Crippen LogP contribution in [0.3, 0.4) is 0 Å². The fourth-order valence-corrected chi connectivity index (χ4v) is 4.28. The lowest BCUT2D eigenvalue weighted by Gasteiger charge is -2.14. The van der Waals surface area contributed by atoms with Crippen molar-refractivity contribution in [2.75, 3.05) is 7.11 Å². The lowest BCUT2D eigenvalue weighted by atomic mass is 9.94. The minimum atomic E-state index is -0.00709. The lowest BCUT2D eigenvalue weighted by Crippen LogP contribution is -2.16. The summed E-state index contributed by atoms with van der Waals surface area (Å²) in [5.41, 5.74) is 8.86. The highest BCUT2D eigenvalue weighted by Gasteiger charge is 2.25. The number of aliphatic imine (C=N–C) groups is 1. The second-order valence-corrected chi connectivity index (χ2v) is 8.03. The number of fused-ring (bicyclic) bond motifs is 2. The highest BCUT2D eigenvalue weighted by molar-refractivity contribution is 6.09. The number of H-pyrrole nitrogens is 1. The molecule has 1 aliphatic carbocycles. The molecule has 1 unspecified atom stereocenters. The molecule has 0 bridgehead atoms. The van der Waals surface area contributed by atoms with Gasteiger partial charge < -0.3 is 15.0 Å². The molecule has 0 radical (unpaired) electrons. The highest BCUT2D eigenvalue weighted by Crippen LogP contribution is 2.33. The van der Waals surface area contributed by atoms with E-state index in [9.17, 15) is 0 Å². The van der Waals surface area contributed by atoms with E-state index in [0.29, 0.717) is 0 Å². The molecule has 3 aromatic carbocycles. The summed E-state index contributed by atoms with van der Waals surface area (Å²) >= 11 is 0. The van der Waals surface area contributed by atoms with Crippen LogP contribution in [0.2, 0.25) is 0 Å². The normalized spacial score (nSPS) is 17.3. The molecule has 1 aromatic heterocycles. The number of rotatable bonds is 4. The first-order chi connectivity index (χ1) is 15.8. The van der Waals surface area contributed by atoms with Crippen LogP contribution >= 0.6 is 0 Å². The van der Waals surface area contributed by atoms with E-state index in [1.54, 1.807) is 7.11 Å². The first-order valence-corrected chi connectivity index (χ1v) is 10.7. The fraction of sp³-hybridized carbons (Fsp3) is 0.111. The second kappa shape index (κ2) is 7.54. The van der Waals surface area contributed by atoms with Gasteiger partial charge in [0, 0.05) is 12.0 Å². The van der Waals surface area contributed by atoms with Gasteiger partial charge in [0.05, 0.1) is 29.6 Å². The van der Waals surface area contributed by atoms with Crippen molar-refractivity contribution < 1.29 is 4.74 Å². The van der Waals surface area contributed by atoms with Gasteiger partial charge in [0.25, 0.3) is 0 Å². The Morgan fingerprint density at radius 1 is 0.906 bits per heavy atom. The van der Waals surface area contributed by atoms with E-state index in [4.69, 9.17) is 14.7 Å². The third kappa shape index (κ3) is 3.28. The Balaban J connectivity index is 1.27. The van der Waals surface area contributed by atoms with E-state index >= 15 is 0 Å². The quantitative estimate of drug-likeness (QED) is 0.450. The Morgan fingerprint density at radius 3 is 2.53 bits per heavy atom. The van der Waals surface area contributed by atoms with E-state index in [0.717, 1.165) is 46.0 Å². The number of aromatic amines is 1. The average Bonchev–Trinajstić information content (AvgIpc) is 3.48. The number of hydrogen-bond acceptors (Lipinski definition) is 4. The largest absolute Gasteiger partial charge is 0.497 e. The minimum Gasteiger partial charge on any atom is -0.497 e. The molecule has 0 saturated heterocycles. The summed E-state index contributed by atoms with van der Waals surface area (Å²) in [5.74, 6) is 1.69. The summed E-state index contributed by atoms with van der Waals surface area (Å²) in [6, 6.07) is 24.7. The molecule has 2 N–H and O–H groups in total. The summed E-state index contributed by atoms with van der Waals surface area (Å²) in [4.78, 5) is 13.2. The van der Waals surface area contributed by atoms with Gasteiger partial charge in [-0.3, -0.25) is 4.99 Å². The topological polar surface area (TPSA) is 62.3 Å². The molecule has 5 nitrogen and oxygen atoms in total. The summed E-state index contributed by atoms with van der Waals surface area (Å²) in [6.45, 7) is 0. The number of nitrogens with zero attached hydrogens (tertiary/aromatic N) is 2. The number of imidazole rings is 1. The molecule has 6 rings (SSSR count). The molecule has 4 aromatic rings. The summed E-state index contributed by atoms with van der Waals surface area (Å²) in [7, 11) is 1.67. The average molecular weight is 419 g/mol. The molecule has 0 amide bonds. The molecule has 1 atom stereocenters. The van der Waals surface area contributed by atoms with Gasteiger partial charge in [-0.2, -0.15) is 0 Å². The number of benzene rings is 3. The molecule has 0 fully saturated rings. The zero-order chi connectivity index (χ0) is 21.5. The van der Waals surface area contributed by atoms with E-state index in [1.165, 1.54) is 16.7 Å². The monoisotopic (exact) mass is 418 g/mol. The third-order valence-electron chi connectivity index (χ3n) is 6.03. The van der Waals surface area contributed by atoms with E-state index in [1.807, 2.05) is 30.3 Å². The molecular formula is C27H22N4O. The van der Waals surface area contributed by atoms with Gasteiger partial charge in [-0.05, 0) is 59.2 Å². The number of aromatic nitrogens is 2. The zero-order valence-corrected chi connectivity index (χ0v) is 17.7. The van der Waals surface area contributed by atoms with Gasteiger partial charge in [0.2, 0.25) is 0 Å². The molecular weight excluding hydrogens is 396 g/mol. The number of hydrogen-bond donors (Lipinski definition) is 2. The van der Waals surface area contributed by atoms with Crippen LogP contribution in [-0.2, 0) is 0 Å². The second-order valence-electron chi connectivity index (χ2n) is 8.03. The van der Waals surface area contributed by atoms with Gasteiger partial charge in [0.1, 0.15) is 17.7 Å². The summed E-state index contributed by atoms with van der Waals surface area (Å²) in [6.07, 6.45) is 5.14. The standard InChI is InChI=1S/C27H22N4O/c1-32-21-11-7-18(8-12-21)27-29-23-14-10-20(16-25(23)31-27)19-9-13-22-24(15-19)30-26(28-22)17-5-3-2-4-6-17/h2-14,16,26,28H,15H2,1H3,(H,29,31). The maximum Gasteiger partial charge on any atom is 0.145 e.